The summed E-state index contributed by atoms with van der Waals surface area (Å²) < 4.78 is 0. The van der Waals surface area contributed by atoms with E-state index in [-0.39, 0.29) is 12.0 Å². The number of aliphatic hydroxyl groups excluding tert-OH is 1. The molecule has 1 fully saturated rings. The van der Waals surface area contributed by atoms with E-state index in [1.807, 2.05) is 18.4 Å². The molecule has 3 rings (SSSR count). The molecule has 0 aliphatic heterocycles. The first-order valence-corrected chi connectivity index (χ1v) is 7.48. The van der Waals surface area contributed by atoms with Crippen molar-refractivity contribution in [3.8, 4) is 0 Å². The highest BCUT2D eigenvalue weighted by Gasteiger charge is 2.41. The van der Waals surface area contributed by atoms with Crippen molar-refractivity contribution in [1.82, 2.24) is 9.97 Å². The molecule has 19 heavy (non-hydrogen) atoms. The molecule has 0 aromatic carbocycles. The average Bonchev–Trinajstić information content (AvgIpc) is 3.05. The van der Waals surface area contributed by atoms with E-state index < -0.39 is 0 Å². The molecule has 0 spiro atoms. The second-order valence-electron chi connectivity index (χ2n) is 5.08. The Balaban J connectivity index is 1.85. The number of rotatable bonds is 6. The number of nitrogens with zero attached hydrogens (tertiary/aromatic N) is 2. The fraction of sp³-hybridized carbons (Fsp3) is 0.538. The van der Waals surface area contributed by atoms with E-state index in [4.69, 9.17) is 0 Å². The van der Waals surface area contributed by atoms with Gasteiger partial charge < -0.3 is 15.7 Å². The minimum atomic E-state index is 0.0750. The highest BCUT2D eigenvalue weighted by atomic mass is 32.1. The van der Waals surface area contributed by atoms with Gasteiger partial charge in [0.2, 0.25) is 5.95 Å². The largest absolute Gasteiger partial charge is 0.396 e. The van der Waals surface area contributed by atoms with Crippen LogP contribution in [-0.4, -0.2) is 34.8 Å². The molecule has 1 aliphatic rings. The van der Waals surface area contributed by atoms with Crippen molar-refractivity contribution in [3.05, 3.63) is 11.4 Å². The van der Waals surface area contributed by atoms with Crippen LogP contribution < -0.4 is 10.6 Å². The maximum atomic E-state index is 9.36. The molecule has 6 heteroatoms. The summed E-state index contributed by atoms with van der Waals surface area (Å²) in [5.74, 6) is 1.52. The quantitative estimate of drug-likeness (QED) is 0.756. The Labute approximate surface area is 116 Å². The lowest BCUT2D eigenvalue weighted by molar-refractivity contribution is 0.219. The number of aromatic nitrogens is 2. The topological polar surface area (TPSA) is 70.1 Å². The van der Waals surface area contributed by atoms with E-state index >= 15 is 0 Å². The molecular formula is C13H18N4OS. The molecule has 2 aromatic rings. The summed E-state index contributed by atoms with van der Waals surface area (Å²) >= 11 is 1.62. The molecule has 0 saturated heterocycles. The van der Waals surface area contributed by atoms with Crippen molar-refractivity contribution in [1.29, 1.82) is 0 Å². The van der Waals surface area contributed by atoms with Crippen LogP contribution in [0, 0.1) is 5.41 Å². The molecule has 2 aromatic heterocycles. The molecule has 5 nitrogen and oxygen atoms in total. The van der Waals surface area contributed by atoms with Gasteiger partial charge in [-0.1, -0.05) is 0 Å². The van der Waals surface area contributed by atoms with Crippen molar-refractivity contribution >= 4 is 33.3 Å². The van der Waals surface area contributed by atoms with Crippen LogP contribution in [0.4, 0.5) is 11.8 Å². The van der Waals surface area contributed by atoms with Crippen LogP contribution in [0.3, 0.4) is 0 Å². The lowest BCUT2D eigenvalue weighted by Crippen LogP contribution is -2.20. The number of anilines is 2. The molecule has 1 saturated carbocycles. The Morgan fingerprint density at radius 2 is 2.21 bits per heavy atom. The van der Waals surface area contributed by atoms with Crippen molar-refractivity contribution in [2.75, 3.05) is 30.3 Å². The summed E-state index contributed by atoms with van der Waals surface area (Å²) in [5.41, 5.74) is 0.0750. The maximum Gasteiger partial charge on any atom is 0.226 e. The lowest BCUT2D eigenvalue weighted by atomic mass is 10.1. The highest BCUT2D eigenvalue weighted by Crippen LogP contribution is 2.45. The first-order chi connectivity index (χ1) is 9.26. The third-order valence-corrected chi connectivity index (χ3v) is 4.39. The Kier molecular flexibility index (Phi) is 3.28. The van der Waals surface area contributed by atoms with Crippen LogP contribution in [-0.2, 0) is 0 Å². The molecule has 0 unspecified atom stereocenters. The summed E-state index contributed by atoms with van der Waals surface area (Å²) in [6.07, 6.45) is 2.18. The van der Waals surface area contributed by atoms with Gasteiger partial charge in [-0.15, -0.1) is 11.3 Å². The van der Waals surface area contributed by atoms with Gasteiger partial charge in [-0.3, -0.25) is 0 Å². The van der Waals surface area contributed by atoms with E-state index in [9.17, 15) is 5.11 Å². The standard InChI is InChI=1S/C13H18N4OS/c1-2-14-12-16-10(9-3-6-19-11(9)17-12)15-7-13(8-18)4-5-13/h3,6,18H,2,4-5,7-8H2,1H3,(H2,14,15,16,17). The fourth-order valence-electron chi connectivity index (χ4n) is 2.07. The number of thiophene rings is 1. The molecule has 0 amide bonds. The van der Waals surface area contributed by atoms with Gasteiger partial charge in [0.1, 0.15) is 10.6 Å². The number of nitrogens with one attached hydrogen (secondary N) is 2. The van der Waals surface area contributed by atoms with Crippen LogP contribution >= 0.6 is 11.3 Å². The van der Waals surface area contributed by atoms with Crippen LogP contribution in [0.2, 0.25) is 0 Å². The normalized spacial score (nSPS) is 16.5. The molecule has 102 valence electrons. The van der Waals surface area contributed by atoms with Gasteiger partial charge in [0.05, 0.1) is 12.0 Å². The van der Waals surface area contributed by atoms with Crippen LogP contribution in [0.1, 0.15) is 19.8 Å². The summed E-state index contributed by atoms with van der Waals surface area (Å²) in [7, 11) is 0. The Bertz CT molecular complexity index is 579. The minimum Gasteiger partial charge on any atom is -0.396 e. The summed E-state index contributed by atoms with van der Waals surface area (Å²) in [5, 5.41) is 19.0. The van der Waals surface area contributed by atoms with Crippen molar-refractivity contribution in [3.63, 3.8) is 0 Å². The molecule has 0 radical (unpaired) electrons. The fourth-order valence-corrected chi connectivity index (χ4v) is 2.83. The summed E-state index contributed by atoms with van der Waals surface area (Å²) in [6, 6.07) is 2.04. The average molecular weight is 278 g/mol. The van der Waals surface area contributed by atoms with E-state index in [1.54, 1.807) is 11.3 Å². The molecule has 0 atom stereocenters. The van der Waals surface area contributed by atoms with E-state index in [0.717, 1.165) is 42.0 Å². The van der Waals surface area contributed by atoms with E-state index in [0.29, 0.717) is 5.95 Å². The highest BCUT2D eigenvalue weighted by molar-refractivity contribution is 7.16. The second-order valence-corrected chi connectivity index (χ2v) is 5.97. The summed E-state index contributed by atoms with van der Waals surface area (Å²) in [4.78, 5) is 9.98. The third-order valence-electron chi connectivity index (χ3n) is 3.58. The van der Waals surface area contributed by atoms with Crippen LogP contribution in [0.25, 0.3) is 10.2 Å². The van der Waals surface area contributed by atoms with Crippen LogP contribution in [0.15, 0.2) is 11.4 Å². The van der Waals surface area contributed by atoms with Crippen LogP contribution in [0.5, 0.6) is 0 Å². The second kappa shape index (κ2) is 4.94. The maximum absolute atomic E-state index is 9.36. The molecule has 0 bridgehead atoms. The van der Waals surface area contributed by atoms with Crippen molar-refractivity contribution < 1.29 is 5.11 Å². The van der Waals surface area contributed by atoms with Gasteiger partial charge in [-0.25, -0.2) is 4.98 Å². The number of aliphatic hydroxyl groups is 1. The van der Waals surface area contributed by atoms with E-state index in [2.05, 4.69) is 20.6 Å². The number of hydrogen-bond donors (Lipinski definition) is 3. The minimum absolute atomic E-state index is 0.0750. The predicted molar refractivity (Wildman–Crippen MR) is 78.8 cm³/mol. The Morgan fingerprint density at radius 3 is 2.89 bits per heavy atom. The zero-order valence-electron chi connectivity index (χ0n) is 10.9. The predicted octanol–water partition coefficient (Wildman–Crippen LogP) is 2.31. The van der Waals surface area contributed by atoms with Gasteiger partial charge in [0, 0.05) is 18.5 Å². The van der Waals surface area contributed by atoms with Crippen molar-refractivity contribution in [2.45, 2.75) is 19.8 Å². The Morgan fingerprint density at radius 1 is 1.37 bits per heavy atom. The third kappa shape index (κ3) is 2.50. The Hall–Kier alpha value is -1.40. The first kappa shape index (κ1) is 12.6. The molecule has 1 aliphatic carbocycles. The zero-order valence-corrected chi connectivity index (χ0v) is 11.8. The lowest BCUT2D eigenvalue weighted by Gasteiger charge is -2.14. The number of hydrogen-bond acceptors (Lipinski definition) is 6. The number of fused-ring (bicyclic) bond motifs is 1. The monoisotopic (exact) mass is 278 g/mol. The van der Waals surface area contributed by atoms with Gasteiger partial charge in [0.15, 0.2) is 0 Å². The zero-order chi connectivity index (χ0) is 13.3. The molecule has 3 N–H and O–H groups in total. The first-order valence-electron chi connectivity index (χ1n) is 6.60. The van der Waals surface area contributed by atoms with Gasteiger partial charge in [-0.2, -0.15) is 4.98 Å². The summed E-state index contributed by atoms with van der Waals surface area (Å²) in [6.45, 7) is 3.85. The smallest absolute Gasteiger partial charge is 0.226 e. The van der Waals surface area contributed by atoms with Crippen molar-refractivity contribution in [2.24, 2.45) is 5.41 Å². The van der Waals surface area contributed by atoms with Gasteiger partial charge in [-0.05, 0) is 31.2 Å². The molecular weight excluding hydrogens is 260 g/mol. The molecule has 2 heterocycles. The SMILES string of the molecule is CCNc1nc(NCC2(CO)CC2)c2ccsc2n1. The van der Waals surface area contributed by atoms with Gasteiger partial charge >= 0.3 is 0 Å². The van der Waals surface area contributed by atoms with Gasteiger partial charge in [0.25, 0.3) is 0 Å². The van der Waals surface area contributed by atoms with E-state index in [1.165, 1.54) is 0 Å².